The maximum Gasteiger partial charge on any atom is 0.573 e. The Morgan fingerprint density at radius 3 is 2.35 bits per heavy atom. The van der Waals surface area contributed by atoms with Crippen LogP contribution in [-0.4, -0.2) is 55.8 Å². The van der Waals surface area contributed by atoms with Gasteiger partial charge in [0.25, 0.3) is 0 Å². The molecule has 1 aliphatic rings. The molecule has 1 aromatic rings. The molecule has 174 valence electrons. The van der Waals surface area contributed by atoms with Crippen LogP contribution in [0.15, 0.2) is 18.2 Å². The van der Waals surface area contributed by atoms with E-state index in [4.69, 9.17) is 9.47 Å². The van der Waals surface area contributed by atoms with Crippen molar-refractivity contribution in [1.29, 1.82) is 0 Å². The molecule has 0 aliphatic heterocycles. The van der Waals surface area contributed by atoms with Crippen molar-refractivity contribution >= 4 is 22.1 Å². The summed E-state index contributed by atoms with van der Waals surface area (Å²) in [6.45, 7) is 0.134. The van der Waals surface area contributed by atoms with Crippen LogP contribution in [0.4, 0.5) is 13.2 Å². The van der Waals surface area contributed by atoms with Crippen LogP contribution in [0.3, 0.4) is 0 Å². The lowest BCUT2D eigenvalue weighted by atomic mass is 10.1. The normalized spacial score (nSPS) is 15.9. The lowest BCUT2D eigenvalue weighted by Gasteiger charge is -2.27. The van der Waals surface area contributed by atoms with Crippen LogP contribution in [0.2, 0.25) is 0 Å². The molecule has 9 nitrogen and oxygen atoms in total. The Morgan fingerprint density at radius 1 is 1.13 bits per heavy atom. The van der Waals surface area contributed by atoms with Gasteiger partial charge in [-0.1, -0.05) is 0 Å². The number of carbonyl (C=O) groups is 2. The van der Waals surface area contributed by atoms with Crippen LogP contribution in [0.25, 0.3) is 0 Å². The fourth-order valence-electron chi connectivity index (χ4n) is 2.92. The van der Waals surface area contributed by atoms with Crippen molar-refractivity contribution in [2.75, 3.05) is 19.0 Å². The van der Waals surface area contributed by atoms with Crippen molar-refractivity contribution in [3.63, 3.8) is 0 Å². The average Bonchev–Trinajstić information content (AvgIpc) is 3.05. The molecule has 0 spiro atoms. The SMILES string of the molecule is CC1(Oc2cc(C(=O)OCC(=O)OCCS(=O)(=O)[O-])ccc2OC(F)(F)F)CCCC1. The molecule has 0 saturated heterocycles. The lowest BCUT2D eigenvalue weighted by Crippen LogP contribution is -2.29. The number of ether oxygens (including phenoxy) is 4. The minimum absolute atomic E-state index is 0.207. The van der Waals surface area contributed by atoms with Crippen LogP contribution in [0, 0.1) is 0 Å². The van der Waals surface area contributed by atoms with Gasteiger partial charge in [0.1, 0.15) is 12.2 Å². The highest BCUT2D eigenvalue weighted by Crippen LogP contribution is 2.40. The van der Waals surface area contributed by atoms with E-state index in [2.05, 4.69) is 9.47 Å². The number of carbonyl (C=O) groups excluding carboxylic acids is 2. The van der Waals surface area contributed by atoms with Gasteiger partial charge in [-0.25, -0.2) is 18.0 Å². The number of halogens is 3. The maximum atomic E-state index is 12.7. The fraction of sp³-hybridized carbons (Fsp3) is 0.556. The zero-order chi connectivity index (χ0) is 23.3. The summed E-state index contributed by atoms with van der Waals surface area (Å²) in [6.07, 6.45) is -2.08. The van der Waals surface area contributed by atoms with E-state index in [0.29, 0.717) is 12.8 Å². The highest BCUT2D eigenvalue weighted by Gasteiger charge is 2.36. The second-order valence-electron chi connectivity index (χ2n) is 7.03. The molecule has 0 aromatic heterocycles. The number of hydrogen-bond donors (Lipinski definition) is 0. The Labute approximate surface area is 176 Å². The van der Waals surface area contributed by atoms with Gasteiger partial charge in [0.05, 0.1) is 21.4 Å². The minimum atomic E-state index is -4.97. The Hall–Kier alpha value is -2.54. The van der Waals surface area contributed by atoms with E-state index >= 15 is 0 Å². The maximum absolute atomic E-state index is 12.7. The second kappa shape index (κ2) is 9.73. The summed E-state index contributed by atoms with van der Waals surface area (Å²) in [5, 5.41) is 0. The van der Waals surface area contributed by atoms with Crippen molar-refractivity contribution in [3.8, 4) is 11.5 Å². The Kier molecular flexibility index (Phi) is 7.76. The zero-order valence-corrected chi connectivity index (χ0v) is 17.2. The molecular weight excluding hydrogens is 449 g/mol. The first kappa shape index (κ1) is 24.7. The third-order valence-electron chi connectivity index (χ3n) is 4.34. The van der Waals surface area contributed by atoms with Gasteiger partial charge < -0.3 is 23.5 Å². The van der Waals surface area contributed by atoms with E-state index in [1.54, 1.807) is 6.92 Å². The first-order valence-corrected chi connectivity index (χ1v) is 10.7. The molecule has 0 atom stereocenters. The van der Waals surface area contributed by atoms with Crippen LogP contribution in [0.1, 0.15) is 43.0 Å². The van der Waals surface area contributed by atoms with Crippen LogP contribution >= 0.6 is 0 Å². The Bertz CT molecular complexity index is 906. The van der Waals surface area contributed by atoms with Gasteiger partial charge in [0, 0.05) is 0 Å². The summed E-state index contributed by atoms with van der Waals surface area (Å²) in [5.74, 6) is -4.04. The number of benzene rings is 1. The van der Waals surface area contributed by atoms with Gasteiger partial charge in [0.2, 0.25) is 0 Å². The Morgan fingerprint density at radius 2 is 1.77 bits per heavy atom. The van der Waals surface area contributed by atoms with Gasteiger partial charge in [-0.2, -0.15) is 0 Å². The molecule has 0 radical (unpaired) electrons. The largest absolute Gasteiger partial charge is 0.748 e. The summed E-state index contributed by atoms with van der Waals surface area (Å²) in [6, 6.07) is 2.92. The summed E-state index contributed by atoms with van der Waals surface area (Å²) >= 11 is 0. The molecule has 1 saturated carbocycles. The summed E-state index contributed by atoms with van der Waals surface area (Å²) in [4.78, 5) is 23.6. The van der Waals surface area contributed by atoms with Crippen molar-refractivity contribution in [1.82, 2.24) is 0 Å². The summed E-state index contributed by atoms with van der Waals surface area (Å²) in [5.41, 5.74) is -0.932. The highest BCUT2D eigenvalue weighted by molar-refractivity contribution is 7.85. The molecule has 1 aromatic carbocycles. The molecular formula is C18H20F3O9S-. The molecule has 1 fully saturated rings. The van der Waals surface area contributed by atoms with Crippen molar-refractivity contribution in [2.24, 2.45) is 0 Å². The van der Waals surface area contributed by atoms with Gasteiger partial charge >= 0.3 is 18.3 Å². The Balaban J connectivity index is 2.06. The summed E-state index contributed by atoms with van der Waals surface area (Å²) in [7, 11) is -4.57. The van der Waals surface area contributed by atoms with Gasteiger partial charge in [-0.05, 0) is 50.8 Å². The minimum Gasteiger partial charge on any atom is -0.748 e. The van der Waals surface area contributed by atoms with E-state index in [1.807, 2.05) is 0 Å². The number of rotatable bonds is 9. The second-order valence-corrected chi connectivity index (χ2v) is 8.55. The molecule has 13 heteroatoms. The molecule has 0 amide bonds. The topological polar surface area (TPSA) is 128 Å². The molecule has 2 rings (SSSR count). The van der Waals surface area contributed by atoms with E-state index < -0.39 is 58.7 Å². The quantitative estimate of drug-likeness (QED) is 0.396. The molecule has 31 heavy (non-hydrogen) atoms. The monoisotopic (exact) mass is 469 g/mol. The predicted molar refractivity (Wildman–Crippen MR) is 96.4 cm³/mol. The predicted octanol–water partition coefficient (Wildman–Crippen LogP) is 2.54. The van der Waals surface area contributed by atoms with Gasteiger partial charge in [0.15, 0.2) is 18.1 Å². The number of alkyl halides is 3. The van der Waals surface area contributed by atoms with Crippen molar-refractivity contribution in [2.45, 2.75) is 44.6 Å². The molecule has 1 aliphatic carbocycles. The lowest BCUT2D eigenvalue weighted by molar-refractivity contribution is -0.275. The van der Waals surface area contributed by atoms with Crippen LogP contribution < -0.4 is 9.47 Å². The van der Waals surface area contributed by atoms with Gasteiger partial charge in [-0.3, -0.25) is 0 Å². The zero-order valence-electron chi connectivity index (χ0n) is 16.4. The van der Waals surface area contributed by atoms with E-state index in [1.165, 1.54) is 0 Å². The highest BCUT2D eigenvalue weighted by atomic mass is 32.2. The van der Waals surface area contributed by atoms with Crippen LogP contribution in [-0.2, 0) is 24.4 Å². The fourth-order valence-corrected chi connectivity index (χ4v) is 3.21. The average molecular weight is 469 g/mol. The van der Waals surface area contributed by atoms with Crippen molar-refractivity contribution < 1.29 is 54.7 Å². The first-order chi connectivity index (χ1) is 14.3. The third-order valence-corrected chi connectivity index (χ3v) is 5.01. The third kappa shape index (κ3) is 8.61. The standard InChI is InChI=1S/C18H21F3O9S/c1-17(6-2-3-7-17)29-14-10-12(4-5-13(14)30-18(19,20)21)16(23)28-11-15(22)27-8-9-31(24,25)26/h4-5,10H,2-3,6-9,11H2,1H3,(H,24,25,26)/p-1. The number of hydrogen-bond acceptors (Lipinski definition) is 9. The number of esters is 2. The van der Waals surface area contributed by atoms with Crippen molar-refractivity contribution in [3.05, 3.63) is 23.8 Å². The molecule has 0 unspecified atom stereocenters. The van der Waals surface area contributed by atoms with Gasteiger partial charge in [-0.15, -0.1) is 13.2 Å². The molecule has 0 heterocycles. The first-order valence-electron chi connectivity index (χ1n) is 9.11. The molecule has 0 bridgehead atoms. The van der Waals surface area contributed by atoms with E-state index in [0.717, 1.165) is 31.0 Å². The molecule has 0 N–H and O–H groups in total. The smallest absolute Gasteiger partial charge is 0.573 e. The van der Waals surface area contributed by atoms with E-state index in [-0.39, 0.29) is 11.3 Å². The summed E-state index contributed by atoms with van der Waals surface area (Å²) < 4.78 is 88.2. The van der Waals surface area contributed by atoms with Crippen LogP contribution in [0.5, 0.6) is 11.5 Å². The van der Waals surface area contributed by atoms with E-state index in [9.17, 15) is 35.7 Å².